The van der Waals surface area contributed by atoms with Gasteiger partial charge in [-0.05, 0) is 67.9 Å². The maximum absolute atomic E-state index is 13.2. The number of carboxylic acids is 1. The number of carbonyl (C=O) groups is 6. The van der Waals surface area contributed by atoms with Crippen LogP contribution >= 0.6 is 0 Å². The Balaban J connectivity index is 1.17. The molecule has 5 aromatic carbocycles. The molecule has 0 spiro atoms. The van der Waals surface area contributed by atoms with Crippen LogP contribution in [0.25, 0.3) is 4.85 Å². The van der Waals surface area contributed by atoms with Crippen molar-refractivity contribution in [1.29, 1.82) is 5.26 Å². The third-order valence-corrected chi connectivity index (χ3v) is 9.35. The summed E-state index contributed by atoms with van der Waals surface area (Å²) in [5.41, 5.74) is 2.51. The topological polar surface area (TPSA) is 227 Å². The second kappa shape index (κ2) is 18.0. The van der Waals surface area contributed by atoms with Crippen LogP contribution in [0.2, 0.25) is 0 Å². The van der Waals surface area contributed by atoms with Gasteiger partial charge in [0.1, 0.15) is 17.1 Å². The van der Waals surface area contributed by atoms with Crippen LogP contribution in [-0.4, -0.2) is 50.6 Å². The van der Waals surface area contributed by atoms with E-state index in [1.807, 2.05) is 6.07 Å². The first kappa shape index (κ1) is 41.1. The molecule has 3 amide bonds. The van der Waals surface area contributed by atoms with Crippen molar-refractivity contribution in [1.82, 2.24) is 0 Å². The highest BCUT2D eigenvalue weighted by molar-refractivity contribution is 6.09. The van der Waals surface area contributed by atoms with Crippen LogP contribution in [0.5, 0.6) is 11.5 Å². The molecule has 0 saturated carbocycles. The monoisotopic (exact) mass is 777 g/mol. The van der Waals surface area contributed by atoms with E-state index >= 15 is 0 Å². The van der Waals surface area contributed by atoms with Crippen LogP contribution in [0.3, 0.4) is 0 Å². The first-order chi connectivity index (χ1) is 27.7. The van der Waals surface area contributed by atoms with E-state index in [-0.39, 0.29) is 70.0 Å². The maximum atomic E-state index is 13.2. The van der Waals surface area contributed by atoms with Crippen molar-refractivity contribution in [3.63, 3.8) is 0 Å². The fourth-order valence-corrected chi connectivity index (χ4v) is 5.89. The molecule has 14 heteroatoms. The predicted molar refractivity (Wildman–Crippen MR) is 213 cm³/mol. The van der Waals surface area contributed by atoms with Gasteiger partial charge < -0.3 is 31.3 Å². The van der Waals surface area contributed by atoms with Crippen molar-refractivity contribution < 1.29 is 44.1 Å². The molecular formula is C44H35N5O9. The summed E-state index contributed by atoms with van der Waals surface area (Å²) in [4.78, 5) is 79.6. The lowest BCUT2D eigenvalue weighted by molar-refractivity contribution is -0.119. The first-order valence-corrected chi connectivity index (χ1v) is 17.6. The van der Waals surface area contributed by atoms with Gasteiger partial charge in [0.15, 0.2) is 17.3 Å². The van der Waals surface area contributed by atoms with Crippen LogP contribution in [0, 0.1) is 37.7 Å². The number of nitrogens with zero attached hydrogens (tertiary/aromatic N) is 2. The average molecular weight is 778 g/mol. The molecular weight excluding hydrogens is 743 g/mol. The SMILES string of the molecule is [C-]#[N+]c1ccc(C(=O)Cc2ccc(C(=O)CC(CC#N)C(=O)Nc3ccc(C(=O)Nc4ccc(C(=O)Nc5ccc(C(=O)O)c(O)c5C)c(O)c4C)cc3)cc2)cc1. The fourth-order valence-electron chi connectivity index (χ4n) is 5.89. The number of amides is 3. The van der Waals surface area contributed by atoms with Gasteiger partial charge in [-0.2, -0.15) is 5.26 Å². The van der Waals surface area contributed by atoms with Gasteiger partial charge in [-0.15, -0.1) is 0 Å². The van der Waals surface area contributed by atoms with Crippen LogP contribution in [0.1, 0.15) is 81.3 Å². The second-order valence-electron chi connectivity index (χ2n) is 13.2. The second-order valence-corrected chi connectivity index (χ2v) is 13.2. The predicted octanol–water partition coefficient (Wildman–Crippen LogP) is 7.64. The van der Waals surface area contributed by atoms with E-state index in [1.54, 1.807) is 48.5 Å². The lowest BCUT2D eigenvalue weighted by atomic mass is 9.94. The molecule has 5 rings (SSSR count). The van der Waals surface area contributed by atoms with E-state index in [2.05, 4.69) is 20.8 Å². The lowest BCUT2D eigenvalue weighted by Gasteiger charge is -2.15. The van der Waals surface area contributed by atoms with E-state index in [9.17, 15) is 49.3 Å². The number of phenols is 2. The number of Topliss-reactive ketones (excluding diaryl/α,β-unsaturated/α-hetero) is 2. The number of carbonyl (C=O) groups excluding carboxylic acids is 5. The van der Waals surface area contributed by atoms with Gasteiger partial charge in [0.25, 0.3) is 11.8 Å². The minimum absolute atomic E-state index is 0.0900. The number of nitrogens with one attached hydrogen (secondary N) is 3. The van der Waals surface area contributed by atoms with Crippen molar-refractivity contribution in [2.24, 2.45) is 5.92 Å². The molecule has 0 heterocycles. The standard InChI is InChI=1S/C44H35N5O9/c1-24-35(18-16-33(39(24)52)43(56)49-36-19-17-34(44(57)58)40(53)25(36)2)48-41(54)29-10-14-32(15-11-29)47-42(55)30(20-21-45)23-38(51)27-6-4-26(5-7-27)22-37(50)28-8-12-31(46-3)13-9-28/h4-19,30,52-53H,20,22-23H2,1-2H3,(H,47,55)(H,48,54)(H,49,56)(H,57,58). The number of aromatic hydroxyl groups is 2. The quantitative estimate of drug-likeness (QED) is 0.0477. The average Bonchev–Trinajstić information content (AvgIpc) is 3.21. The number of aromatic carboxylic acids is 1. The number of phenolic OH excluding ortho intramolecular Hbond substituents is 1. The molecule has 6 N–H and O–H groups in total. The van der Waals surface area contributed by atoms with E-state index in [1.165, 1.54) is 56.3 Å². The number of nitriles is 1. The van der Waals surface area contributed by atoms with Crippen molar-refractivity contribution in [2.45, 2.75) is 33.1 Å². The number of ketones is 2. The molecule has 0 aliphatic carbocycles. The van der Waals surface area contributed by atoms with Gasteiger partial charge >= 0.3 is 5.97 Å². The van der Waals surface area contributed by atoms with Crippen molar-refractivity contribution >= 4 is 58.0 Å². The lowest BCUT2D eigenvalue weighted by Crippen LogP contribution is -2.25. The third kappa shape index (κ3) is 9.57. The highest BCUT2D eigenvalue weighted by Gasteiger charge is 2.24. The summed E-state index contributed by atoms with van der Waals surface area (Å²) < 4.78 is 0. The zero-order chi connectivity index (χ0) is 42.1. The zero-order valence-corrected chi connectivity index (χ0v) is 31.1. The highest BCUT2D eigenvalue weighted by atomic mass is 16.4. The Kier molecular flexibility index (Phi) is 12.8. The molecule has 290 valence electrons. The smallest absolute Gasteiger partial charge is 0.339 e. The summed E-state index contributed by atoms with van der Waals surface area (Å²) in [7, 11) is 0. The summed E-state index contributed by atoms with van der Waals surface area (Å²) in [5, 5.41) is 47.5. The van der Waals surface area contributed by atoms with Crippen LogP contribution < -0.4 is 16.0 Å². The molecule has 0 aliphatic heterocycles. The molecule has 0 fully saturated rings. The Bertz CT molecular complexity index is 2530. The number of hydrogen-bond donors (Lipinski definition) is 6. The van der Waals surface area contributed by atoms with Crippen LogP contribution in [0.15, 0.2) is 97.1 Å². The van der Waals surface area contributed by atoms with E-state index in [0.717, 1.165) is 6.07 Å². The normalized spacial score (nSPS) is 11.0. The third-order valence-electron chi connectivity index (χ3n) is 9.35. The number of benzene rings is 5. The minimum atomic E-state index is -1.34. The Hall–Kier alpha value is -8.10. The molecule has 5 aromatic rings. The summed E-state index contributed by atoms with van der Waals surface area (Å²) in [6.07, 6.45) is -0.388. The molecule has 0 aliphatic rings. The summed E-state index contributed by atoms with van der Waals surface area (Å²) >= 11 is 0. The van der Waals surface area contributed by atoms with Gasteiger partial charge in [0.2, 0.25) is 5.91 Å². The van der Waals surface area contributed by atoms with Crippen LogP contribution in [0.4, 0.5) is 22.7 Å². The molecule has 0 bridgehead atoms. The van der Waals surface area contributed by atoms with Gasteiger partial charge in [0.05, 0.1) is 24.1 Å². The Morgan fingerprint density at radius 2 is 1.19 bits per heavy atom. The largest absolute Gasteiger partial charge is 0.507 e. The molecule has 1 atom stereocenters. The molecule has 0 radical (unpaired) electrons. The number of carboxylic acid groups (broad SMARTS) is 1. The van der Waals surface area contributed by atoms with Crippen molar-refractivity contribution in [3.8, 4) is 17.6 Å². The molecule has 58 heavy (non-hydrogen) atoms. The summed E-state index contributed by atoms with van der Waals surface area (Å²) in [6, 6.07) is 25.7. The first-order valence-electron chi connectivity index (χ1n) is 17.6. The number of anilines is 3. The van der Waals surface area contributed by atoms with Gasteiger partial charge in [-0.3, -0.25) is 24.0 Å². The Labute approximate surface area is 332 Å². The van der Waals surface area contributed by atoms with Gasteiger partial charge in [-0.1, -0.05) is 48.5 Å². The van der Waals surface area contributed by atoms with E-state index in [4.69, 9.17) is 6.57 Å². The summed E-state index contributed by atoms with van der Waals surface area (Å²) in [5.74, 6) is -5.65. The fraction of sp³-hybridized carbons (Fsp3) is 0.136. The van der Waals surface area contributed by atoms with E-state index < -0.39 is 41.1 Å². The van der Waals surface area contributed by atoms with Crippen molar-refractivity contribution in [3.05, 3.63) is 153 Å². The van der Waals surface area contributed by atoms with E-state index in [0.29, 0.717) is 28.1 Å². The molecule has 1 unspecified atom stereocenters. The Morgan fingerprint density at radius 3 is 1.76 bits per heavy atom. The van der Waals surface area contributed by atoms with Crippen LogP contribution in [-0.2, 0) is 11.2 Å². The number of hydrogen-bond acceptors (Lipinski definition) is 9. The van der Waals surface area contributed by atoms with Crippen molar-refractivity contribution in [2.75, 3.05) is 16.0 Å². The number of rotatable bonds is 14. The summed E-state index contributed by atoms with van der Waals surface area (Å²) in [6.45, 7) is 9.95. The van der Waals surface area contributed by atoms with Gasteiger partial charge in [0, 0.05) is 64.1 Å². The van der Waals surface area contributed by atoms with Gasteiger partial charge in [-0.25, -0.2) is 9.64 Å². The minimum Gasteiger partial charge on any atom is -0.507 e. The highest BCUT2D eigenvalue weighted by Crippen LogP contribution is 2.33. The maximum Gasteiger partial charge on any atom is 0.339 e. The molecule has 14 nitrogen and oxygen atoms in total. The molecule has 0 saturated heterocycles. The molecule has 0 aromatic heterocycles. The Morgan fingerprint density at radius 1 is 0.672 bits per heavy atom. The zero-order valence-electron chi connectivity index (χ0n) is 31.1.